The summed E-state index contributed by atoms with van der Waals surface area (Å²) in [5.41, 5.74) is 1.68. The number of carbonyl (C=O) groups excluding carboxylic acids is 1. The molecule has 4 heteroatoms. The van der Waals surface area contributed by atoms with Crippen LogP contribution in [0, 0.1) is 5.92 Å². The fraction of sp³-hybridized carbons (Fsp3) is 0.429. The van der Waals surface area contributed by atoms with E-state index >= 15 is 0 Å². The van der Waals surface area contributed by atoms with Crippen molar-refractivity contribution in [1.29, 1.82) is 0 Å². The lowest BCUT2D eigenvalue weighted by atomic mass is 9.85. The molecule has 1 heterocycles. The third-order valence-corrected chi connectivity index (χ3v) is 3.45. The molecule has 2 aromatic rings. The van der Waals surface area contributed by atoms with Gasteiger partial charge in [0, 0.05) is 18.9 Å². The smallest absolute Gasteiger partial charge is 0.223 e. The molecule has 3 rings (SSSR count). The van der Waals surface area contributed by atoms with Crippen LogP contribution in [0.4, 0.5) is 0 Å². The van der Waals surface area contributed by atoms with Crippen LogP contribution in [-0.4, -0.2) is 17.4 Å². The van der Waals surface area contributed by atoms with Crippen molar-refractivity contribution in [3.8, 4) is 0 Å². The second kappa shape index (κ2) is 4.80. The first-order chi connectivity index (χ1) is 8.83. The Labute approximate surface area is 105 Å². The zero-order valence-corrected chi connectivity index (χ0v) is 10.2. The van der Waals surface area contributed by atoms with Crippen molar-refractivity contribution in [2.75, 3.05) is 6.54 Å². The number of benzene rings is 1. The number of amides is 1. The molecule has 1 saturated carbocycles. The standard InChI is InChI=1S/C14H16N2O2/c17-14(10-4-3-5-10)15-9-8-13-16-11-6-1-2-7-12(11)18-13/h1-2,6-7,10H,3-5,8-9H2,(H,15,17). The molecule has 1 N–H and O–H groups in total. The molecule has 0 saturated heterocycles. The van der Waals surface area contributed by atoms with Crippen LogP contribution in [0.5, 0.6) is 0 Å². The van der Waals surface area contributed by atoms with Crippen LogP contribution in [0.2, 0.25) is 0 Å². The number of rotatable bonds is 4. The summed E-state index contributed by atoms with van der Waals surface area (Å²) >= 11 is 0. The van der Waals surface area contributed by atoms with Crippen LogP contribution in [0.3, 0.4) is 0 Å². The fourth-order valence-corrected chi connectivity index (χ4v) is 2.13. The molecule has 0 atom stereocenters. The topological polar surface area (TPSA) is 55.1 Å². The summed E-state index contributed by atoms with van der Waals surface area (Å²) in [5, 5.41) is 2.94. The number of nitrogens with one attached hydrogen (secondary N) is 1. The minimum absolute atomic E-state index is 0.178. The summed E-state index contributed by atoms with van der Waals surface area (Å²) in [6.07, 6.45) is 3.90. The summed E-state index contributed by atoms with van der Waals surface area (Å²) in [6.45, 7) is 0.599. The van der Waals surface area contributed by atoms with E-state index in [4.69, 9.17) is 4.42 Å². The van der Waals surface area contributed by atoms with Gasteiger partial charge in [-0.3, -0.25) is 4.79 Å². The van der Waals surface area contributed by atoms with Crippen molar-refractivity contribution in [2.24, 2.45) is 5.92 Å². The Morgan fingerprint density at radius 1 is 1.39 bits per heavy atom. The van der Waals surface area contributed by atoms with E-state index in [1.54, 1.807) is 0 Å². The Morgan fingerprint density at radius 3 is 2.94 bits per heavy atom. The van der Waals surface area contributed by atoms with Gasteiger partial charge in [0.05, 0.1) is 0 Å². The number of nitrogens with zero attached hydrogens (tertiary/aromatic N) is 1. The normalized spacial score (nSPS) is 15.6. The summed E-state index contributed by atoms with van der Waals surface area (Å²) < 4.78 is 5.59. The summed E-state index contributed by atoms with van der Waals surface area (Å²) in [5.74, 6) is 1.11. The van der Waals surface area contributed by atoms with Crippen molar-refractivity contribution in [3.63, 3.8) is 0 Å². The highest BCUT2D eigenvalue weighted by Crippen LogP contribution is 2.26. The molecule has 1 aliphatic carbocycles. The predicted octanol–water partition coefficient (Wildman–Crippen LogP) is 2.29. The second-order valence-corrected chi connectivity index (χ2v) is 4.74. The van der Waals surface area contributed by atoms with Crippen LogP contribution in [0.15, 0.2) is 28.7 Å². The zero-order chi connectivity index (χ0) is 12.4. The predicted molar refractivity (Wildman–Crippen MR) is 68.1 cm³/mol. The van der Waals surface area contributed by atoms with Crippen LogP contribution in [0.25, 0.3) is 11.1 Å². The maximum atomic E-state index is 11.6. The van der Waals surface area contributed by atoms with Gasteiger partial charge < -0.3 is 9.73 Å². The summed E-state index contributed by atoms with van der Waals surface area (Å²) in [7, 11) is 0. The molecule has 0 unspecified atom stereocenters. The Hall–Kier alpha value is -1.84. The quantitative estimate of drug-likeness (QED) is 0.897. The van der Waals surface area contributed by atoms with Crippen molar-refractivity contribution in [1.82, 2.24) is 10.3 Å². The number of oxazole rings is 1. The monoisotopic (exact) mass is 244 g/mol. The average Bonchev–Trinajstić information content (AvgIpc) is 2.69. The highest BCUT2D eigenvalue weighted by molar-refractivity contribution is 5.79. The highest BCUT2D eigenvalue weighted by atomic mass is 16.3. The van der Waals surface area contributed by atoms with Gasteiger partial charge in [0.2, 0.25) is 5.91 Å². The average molecular weight is 244 g/mol. The highest BCUT2D eigenvalue weighted by Gasteiger charge is 2.24. The zero-order valence-electron chi connectivity index (χ0n) is 10.2. The minimum atomic E-state index is 0.178. The maximum Gasteiger partial charge on any atom is 0.223 e. The third-order valence-electron chi connectivity index (χ3n) is 3.45. The molecule has 1 aromatic carbocycles. The molecule has 0 aliphatic heterocycles. The maximum absolute atomic E-state index is 11.6. The first-order valence-corrected chi connectivity index (χ1v) is 6.45. The molecule has 18 heavy (non-hydrogen) atoms. The molecular formula is C14H16N2O2. The van der Waals surface area contributed by atoms with Crippen molar-refractivity contribution in [2.45, 2.75) is 25.7 Å². The van der Waals surface area contributed by atoms with Crippen molar-refractivity contribution < 1.29 is 9.21 Å². The Balaban J connectivity index is 1.54. The molecule has 1 amide bonds. The fourth-order valence-electron chi connectivity index (χ4n) is 2.13. The van der Waals surface area contributed by atoms with E-state index in [2.05, 4.69) is 10.3 Å². The molecule has 1 fully saturated rings. The van der Waals surface area contributed by atoms with Crippen molar-refractivity contribution in [3.05, 3.63) is 30.2 Å². The van der Waals surface area contributed by atoms with Crippen LogP contribution >= 0.6 is 0 Å². The van der Waals surface area contributed by atoms with Gasteiger partial charge in [0.15, 0.2) is 11.5 Å². The molecule has 0 spiro atoms. The van der Waals surface area contributed by atoms with Crippen molar-refractivity contribution >= 4 is 17.0 Å². The second-order valence-electron chi connectivity index (χ2n) is 4.74. The Kier molecular flexibility index (Phi) is 3.00. The number of hydrogen-bond acceptors (Lipinski definition) is 3. The van der Waals surface area contributed by atoms with E-state index in [0.717, 1.165) is 23.9 Å². The van der Waals surface area contributed by atoms with E-state index in [0.29, 0.717) is 18.9 Å². The van der Waals surface area contributed by atoms with E-state index in [9.17, 15) is 4.79 Å². The van der Waals surface area contributed by atoms with Gasteiger partial charge in [-0.05, 0) is 25.0 Å². The SMILES string of the molecule is O=C(NCCc1nc2ccccc2o1)C1CCC1. The van der Waals surface area contributed by atoms with Crippen LogP contribution in [0.1, 0.15) is 25.2 Å². The Bertz CT molecular complexity index is 525. The molecule has 4 nitrogen and oxygen atoms in total. The number of hydrogen-bond donors (Lipinski definition) is 1. The van der Waals surface area contributed by atoms with Gasteiger partial charge in [-0.2, -0.15) is 0 Å². The van der Waals surface area contributed by atoms with Gasteiger partial charge in [-0.15, -0.1) is 0 Å². The number of aromatic nitrogens is 1. The molecule has 94 valence electrons. The van der Waals surface area contributed by atoms with Gasteiger partial charge in [-0.25, -0.2) is 4.98 Å². The van der Waals surface area contributed by atoms with Crippen LogP contribution in [-0.2, 0) is 11.2 Å². The third kappa shape index (κ3) is 2.23. The molecular weight excluding hydrogens is 228 g/mol. The minimum Gasteiger partial charge on any atom is -0.441 e. The first kappa shape index (κ1) is 11.3. The molecule has 0 radical (unpaired) electrons. The van der Waals surface area contributed by atoms with E-state index in [1.165, 1.54) is 6.42 Å². The molecule has 1 aromatic heterocycles. The molecule has 0 bridgehead atoms. The largest absolute Gasteiger partial charge is 0.441 e. The van der Waals surface area contributed by atoms with Gasteiger partial charge in [0.25, 0.3) is 0 Å². The van der Waals surface area contributed by atoms with E-state index < -0.39 is 0 Å². The number of carbonyl (C=O) groups is 1. The van der Waals surface area contributed by atoms with Crippen LogP contribution < -0.4 is 5.32 Å². The van der Waals surface area contributed by atoms with Gasteiger partial charge in [0.1, 0.15) is 5.52 Å². The lowest BCUT2D eigenvalue weighted by Gasteiger charge is -2.23. The lowest BCUT2D eigenvalue weighted by molar-refractivity contribution is -0.127. The van der Waals surface area contributed by atoms with Gasteiger partial charge in [-0.1, -0.05) is 18.6 Å². The number of fused-ring (bicyclic) bond motifs is 1. The summed E-state index contributed by atoms with van der Waals surface area (Å²) in [6, 6.07) is 7.69. The summed E-state index contributed by atoms with van der Waals surface area (Å²) in [4.78, 5) is 16.0. The Morgan fingerprint density at radius 2 is 2.22 bits per heavy atom. The van der Waals surface area contributed by atoms with E-state index in [-0.39, 0.29) is 11.8 Å². The van der Waals surface area contributed by atoms with Gasteiger partial charge >= 0.3 is 0 Å². The number of para-hydroxylation sites is 2. The first-order valence-electron chi connectivity index (χ1n) is 6.45. The van der Waals surface area contributed by atoms with E-state index in [1.807, 2.05) is 24.3 Å². The molecule has 1 aliphatic rings. The lowest BCUT2D eigenvalue weighted by Crippen LogP contribution is -2.35.